The number of methoxy groups -OCH3 is 3. The van der Waals surface area contributed by atoms with Gasteiger partial charge in [0, 0.05) is 12.7 Å². The Kier molecular flexibility index (Phi) is 5.63. The van der Waals surface area contributed by atoms with Gasteiger partial charge in [-0.05, 0) is 44.9 Å². The van der Waals surface area contributed by atoms with E-state index >= 15 is 0 Å². The molecule has 1 aromatic rings. The van der Waals surface area contributed by atoms with Crippen LogP contribution in [0.2, 0.25) is 0 Å². The number of ether oxygens (including phenoxy) is 3. The van der Waals surface area contributed by atoms with Crippen LogP contribution in [-0.4, -0.2) is 32.0 Å². The minimum Gasteiger partial charge on any atom is -0.497 e. The van der Waals surface area contributed by atoms with Crippen molar-refractivity contribution in [2.75, 3.05) is 21.3 Å². The summed E-state index contributed by atoms with van der Waals surface area (Å²) in [4.78, 5) is 0. The summed E-state index contributed by atoms with van der Waals surface area (Å²) in [6, 6.07) is 5.43. The molecule has 108 valence electrons. The van der Waals surface area contributed by atoms with E-state index in [-0.39, 0.29) is 5.60 Å². The van der Waals surface area contributed by atoms with Crippen LogP contribution in [0.1, 0.15) is 38.4 Å². The summed E-state index contributed by atoms with van der Waals surface area (Å²) in [7, 11) is 4.88. The fourth-order valence-electron chi connectivity index (χ4n) is 1.84. The minimum absolute atomic E-state index is 0.243. The maximum atomic E-state index is 10.3. The number of hydrogen-bond donors (Lipinski definition) is 1. The molecule has 0 aliphatic rings. The van der Waals surface area contributed by atoms with E-state index in [1.54, 1.807) is 27.4 Å². The lowest BCUT2D eigenvalue weighted by Gasteiger charge is -2.24. The van der Waals surface area contributed by atoms with Crippen molar-refractivity contribution in [3.05, 3.63) is 23.8 Å². The molecule has 0 aromatic heterocycles. The summed E-state index contributed by atoms with van der Waals surface area (Å²) in [5, 5.41) is 10.3. The Labute approximate surface area is 115 Å². The second kappa shape index (κ2) is 6.78. The number of aliphatic hydroxyl groups excluding tert-OH is 1. The Bertz CT molecular complexity index is 401. The van der Waals surface area contributed by atoms with Gasteiger partial charge in [0.05, 0.1) is 25.9 Å². The lowest BCUT2D eigenvalue weighted by atomic mass is 9.96. The van der Waals surface area contributed by atoms with Gasteiger partial charge >= 0.3 is 0 Å². The number of aliphatic hydroxyl groups is 1. The highest BCUT2D eigenvalue weighted by atomic mass is 16.5. The Balaban J connectivity index is 2.82. The van der Waals surface area contributed by atoms with E-state index in [2.05, 4.69) is 0 Å². The van der Waals surface area contributed by atoms with E-state index in [0.717, 1.165) is 12.0 Å². The molecule has 1 aromatic carbocycles. The van der Waals surface area contributed by atoms with Crippen molar-refractivity contribution in [2.24, 2.45) is 0 Å². The highest BCUT2D eigenvalue weighted by molar-refractivity contribution is 5.41. The predicted molar refractivity (Wildman–Crippen MR) is 74.8 cm³/mol. The van der Waals surface area contributed by atoms with Gasteiger partial charge < -0.3 is 19.3 Å². The maximum Gasteiger partial charge on any atom is 0.124 e. The first-order chi connectivity index (χ1) is 8.93. The zero-order chi connectivity index (χ0) is 14.5. The second-order valence-electron chi connectivity index (χ2n) is 5.13. The average Bonchev–Trinajstić information content (AvgIpc) is 2.44. The summed E-state index contributed by atoms with van der Waals surface area (Å²) in [6.07, 6.45) is 0.759. The summed E-state index contributed by atoms with van der Waals surface area (Å²) >= 11 is 0. The standard InChI is InChI=1S/C15H24O4/c1-15(2,19-5)9-8-13(16)12-10-11(17-3)6-7-14(12)18-4/h6-7,10,13,16H,8-9H2,1-5H3. The molecule has 1 rings (SSSR count). The van der Waals surface area contributed by atoms with Crippen LogP contribution in [0.4, 0.5) is 0 Å². The molecule has 0 fully saturated rings. The van der Waals surface area contributed by atoms with E-state index < -0.39 is 6.10 Å². The summed E-state index contributed by atoms with van der Waals surface area (Å²) in [5.41, 5.74) is 0.501. The van der Waals surface area contributed by atoms with Gasteiger partial charge in [-0.2, -0.15) is 0 Å². The minimum atomic E-state index is -0.598. The molecular weight excluding hydrogens is 244 g/mol. The molecule has 0 aliphatic carbocycles. The summed E-state index contributed by atoms with van der Waals surface area (Å²) < 4.78 is 15.8. The first-order valence-corrected chi connectivity index (χ1v) is 6.38. The topological polar surface area (TPSA) is 47.9 Å². The molecule has 4 heteroatoms. The highest BCUT2D eigenvalue weighted by Crippen LogP contribution is 2.33. The van der Waals surface area contributed by atoms with Crippen molar-refractivity contribution >= 4 is 0 Å². The Morgan fingerprint density at radius 2 is 1.84 bits per heavy atom. The molecule has 0 radical (unpaired) electrons. The van der Waals surface area contributed by atoms with Gasteiger partial charge in [0.2, 0.25) is 0 Å². The predicted octanol–water partition coefficient (Wildman–Crippen LogP) is 2.94. The average molecular weight is 268 g/mol. The fourth-order valence-corrected chi connectivity index (χ4v) is 1.84. The van der Waals surface area contributed by atoms with E-state index in [0.29, 0.717) is 17.9 Å². The van der Waals surface area contributed by atoms with E-state index in [1.165, 1.54) is 0 Å². The van der Waals surface area contributed by atoms with Crippen molar-refractivity contribution in [3.63, 3.8) is 0 Å². The van der Waals surface area contributed by atoms with E-state index in [1.807, 2.05) is 26.0 Å². The van der Waals surface area contributed by atoms with Crippen LogP contribution in [0.15, 0.2) is 18.2 Å². The molecule has 4 nitrogen and oxygen atoms in total. The van der Waals surface area contributed by atoms with Gasteiger partial charge in [0.1, 0.15) is 11.5 Å². The molecule has 0 spiro atoms. The van der Waals surface area contributed by atoms with Gasteiger partial charge in [-0.25, -0.2) is 0 Å². The van der Waals surface area contributed by atoms with Crippen LogP contribution >= 0.6 is 0 Å². The lowest BCUT2D eigenvalue weighted by Crippen LogP contribution is -2.23. The Morgan fingerprint density at radius 3 is 2.37 bits per heavy atom. The highest BCUT2D eigenvalue weighted by Gasteiger charge is 2.21. The van der Waals surface area contributed by atoms with E-state index in [9.17, 15) is 5.11 Å². The van der Waals surface area contributed by atoms with Crippen molar-refractivity contribution in [2.45, 2.75) is 38.4 Å². The molecule has 1 atom stereocenters. The van der Waals surface area contributed by atoms with Gasteiger partial charge in [0.15, 0.2) is 0 Å². The summed E-state index contributed by atoms with van der Waals surface area (Å²) in [5.74, 6) is 1.38. The third kappa shape index (κ3) is 4.40. The van der Waals surface area contributed by atoms with Crippen LogP contribution in [0.25, 0.3) is 0 Å². The molecule has 0 bridgehead atoms. The molecule has 0 heterocycles. The fraction of sp³-hybridized carbons (Fsp3) is 0.600. The van der Waals surface area contributed by atoms with Crippen LogP contribution in [-0.2, 0) is 4.74 Å². The molecular formula is C15H24O4. The third-order valence-electron chi connectivity index (χ3n) is 3.37. The number of hydrogen-bond acceptors (Lipinski definition) is 4. The zero-order valence-electron chi connectivity index (χ0n) is 12.4. The quantitative estimate of drug-likeness (QED) is 0.826. The largest absolute Gasteiger partial charge is 0.497 e. The second-order valence-corrected chi connectivity index (χ2v) is 5.13. The maximum absolute atomic E-state index is 10.3. The molecule has 0 saturated heterocycles. The first-order valence-electron chi connectivity index (χ1n) is 6.38. The van der Waals surface area contributed by atoms with Crippen molar-refractivity contribution in [1.82, 2.24) is 0 Å². The Hall–Kier alpha value is -1.26. The van der Waals surface area contributed by atoms with Gasteiger partial charge in [-0.3, -0.25) is 0 Å². The molecule has 0 saturated carbocycles. The smallest absolute Gasteiger partial charge is 0.124 e. The SMILES string of the molecule is COc1ccc(OC)c(C(O)CCC(C)(C)OC)c1. The normalized spacial score (nSPS) is 13.2. The zero-order valence-corrected chi connectivity index (χ0v) is 12.4. The van der Waals surface area contributed by atoms with Crippen molar-refractivity contribution in [1.29, 1.82) is 0 Å². The van der Waals surface area contributed by atoms with Crippen LogP contribution in [0.5, 0.6) is 11.5 Å². The van der Waals surface area contributed by atoms with Crippen LogP contribution < -0.4 is 9.47 Å². The van der Waals surface area contributed by atoms with Crippen molar-refractivity contribution in [3.8, 4) is 11.5 Å². The van der Waals surface area contributed by atoms with Gasteiger partial charge in [-0.15, -0.1) is 0 Å². The third-order valence-corrected chi connectivity index (χ3v) is 3.37. The van der Waals surface area contributed by atoms with E-state index in [4.69, 9.17) is 14.2 Å². The molecule has 0 aliphatic heterocycles. The van der Waals surface area contributed by atoms with Crippen LogP contribution in [0, 0.1) is 0 Å². The number of rotatable bonds is 7. The Morgan fingerprint density at radius 1 is 1.16 bits per heavy atom. The molecule has 0 amide bonds. The lowest BCUT2D eigenvalue weighted by molar-refractivity contribution is 0.00258. The monoisotopic (exact) mass is 268 g/mol. The van der Waals surface area contributed by atoms with Gasteiger partial charge in [0.25, 0.3) is 0 Å². The summed E-state index contributed by atoms with van der Waals surface area (Å²) in [6.45, 7) is 4.01. The first kappa shape index (κ1) is 15.8. The van der Waals surface area contributed by atoms with Crippen LogP contribution in [0.3, 0.4) is 0 Å². The number of benzene rings is 1. The van der Waals surface area contributed by atoms with Gasteiger partial charge in [-0.1, -0.05) is 0 Å². The molecule has 1 unspecified atom stereocenters. The molecule has 1 N–H and O–H groups in total. The molecule has 19 heavy (non-hydrogen) atoms. The van der Waals surface area contributed by atoms with Crippen molar-refractivity contribution < 1.29 is 19.3 Å².